The predicted octanol–water partition coefficient (Wildman–Crippen LogP) is 15.3. The number of hydrogen-bond donors (Lipinski definition) is 0. The lowest BCUT2D eigenvalue weighted by molar-refractivity contribution is -0.150. The van der Waals surface area contributed by atoms with E-state index in [9.17, 15) is 9.59 Å². The molecule has 0 saturated carbocycles. The molecule has 4 nitrogen and oxygen atoms in total. The molecule has 2 unspecified atom stereocenters. The summed E-state index contributed by atoms with van der Waals surface area (Å²) in [5.74, 6) is -1.32. The zero-order valence-electron chi connectivity index (χ0n) is 29.3. The number of hydrogen-bond acceptors (Lipinski definition) is 4. The van der Waals surface area contributed by atoms with E-state index < -0.39 is 12.2 Å². The van der Waals surface area contributed by atoms with Gasteiger partial charge in [0.25, 0.3) is 0 Å². The Balaban J connectivity index is 1.18. The van der Waals surface area contributed by atoms with E-state index in [0.717, 1.165) is 54.4 Å². The molecule has 0 spiro atoms. The molecule has 4 aromatic rings. The minimum Gasteiger partial charge on any atom is -0.462 e. The van der Waals surface area contributed by atoms with Gasteiger partial charge in [0.05, 0.1) is 0 Å². The van der Waals surface area contributed by atoms with Crippen molar-refractivity contribution in [2.75, 3.05) is 0 Å². The van der Waals surface area contributed by atoms with Gasteiger partial charge in [0.15, 0.2) is 0 Å². The van der Waals surface area contributed by atoms with E-state index in [1.54, 1.807) is 72.8 Å². The molecule has 0 aliphatic carbocycles. The van der Waals surface area contributed by atoms with Crippen LogP contribution in [0.4, 0.5) is 0 Å². The highest BCUT2D eigenvalue weighted by molar-refractivity contribution is 6.36. The third-order valence-corrected chi connectivity index (χ3v) is 10.6. The Kier molecular flexibility index (Phi) is 17.7. The third-order valence-electron chi connectivity index (χ3n) is 8.81. The van der Waals surface area contributed by atoms with E-state index >= 15 is 0 Å². The van der Waals surface area contributed by atoms with Crippen LogP contribution in [0.3, 0.4) is 0 Å². The van der Waals surface area contributed by atoms with E-state index in [4.69, 9.17) is 102 Å². The van der Waals surface area contributed by atoms with Crippen LogP contribution in [-0.4, -0.2) is 24.1 Å². The maximum atomic E-state index is 12.9. The van der Waals surface area contributed by atoms with Crippen LogP contribution in [0, 0.1) is 0 Å². The van der Waals surface area contributed by atoms with Gasteiger partial charge in [-0.3, -0.25) is 9.59 Å². The summed E-state index contributed by atoms with van der Waals surface area (Å²) >= 11 is 50.5. The fourth-order valence-electron chi connectivity index (χ4n) is 6.58. The van der Waals surface area contributed by atoms with Crippen LogP contribution in [0.5, 0.6) is 0 Å². The van der Waals surface area contributed by atoms with Crippen LogP contribution in [0.1, 0.15) is 106 Å². The molecular formula is C41H40Cl8O4. The molecule has 12 heteroatoms. The summed E-state index contributed by atoms with van der Waals surface area (Å²) in [4.78, 5) is 25.7. The Bertz CT molecular complexity index is 1550. The third kappa shape index (κ3) is 14.3. The first-order chi connectivity index (χ1) is 25.2. The highest BCUT2D eigenvalue weighted by atomic mass is 35.5. The van der Waals surface area contributed by atoms with Crippen molar-refractivity contribution in [2.24, 2.45) is 0 Å². The molecule has 53 heavy (non-hydrogen) atoms. The van der Waals surface area contributed by atoms with Gasteiger partial charge in [-0.25, -0.2) is 0 Å². The van der Waals surface area contributed by atoms with Crippen molar-refractivity contribution >= 4 is 105 Å². The van der Waals surface area contributed by atoms with Gasteiger partial charge in [0.2, 0.25) is 0 Å². The highest BCUT2D eigenvalue weighted by Crippen LogP contribution is 2.38. The minimum absolute atomic E-state index is 0.282. The molecule has 0 saturated heterocycles. The summed E-state index contributed by atoms with van der Waals surface area (Å²) in [5, 5.41) is 3.81. The van der Waals surface area contributed by atoms with E-state index in [1.165, 1.54) is 0 Å². The second-order valence-electron chi connectivity index (χ2n) is 13.1. The van der Waals surface area contributed by atoms with Crippen LogP contribution >= 0.6 is 92.8 Å². The number of carbonyl (C=O) groups is 2. The van der Waals surface area contributed by atoms with Crippen molar-refractivity contribution in [1.82, 2.24) is 0 Å². The molecule has 0 amide bonds. The van der Waals surface area contributed by atoms with E-state index in [1.807, 2.05) is 13.8 Å². The molecule has 0 aliphatic heterocycles. The number of benzene rings is 4. The standard InChI is InChI=1S/C41H40Cl8O4/c1-24(40(26-12-30(42)20-31(43)13-26)27-14-32(44)21-33(45)15-27)52-38(50)10-8-6-4-3-5-7-9-11-39(51)53-25(2)41(28-16-34(46)22-35(47)17-28)29-18-36(48)23-37(49)19-29/h12-25,40-41H,3-11H2,1-2H3. The zero-order valence-corrected chi connectivity index (χ0v) is 35.3. The maximum absolute atomic E-state index is 12.9. The minimum atomic E-state index is -0.530. The van der Waals surface area contributed by atoms with Crippen LogP contribution < -0.4 is 0 Å². The molecule has 0 heterocycles. The van der Waals surface area contributed by atoms with Crippen LogP contribution in [0.15, 0.2) is 72.8 Å². The smallest absolute Gasteiger partial charge is 0.306 e. The summed E-state index contributed by atoms with van der Waals surface area (Å²) in [7, 11) is 0. The molecule has 0 aliphatic rings. The Morgan fingerprint density at radius 2 is 0.604 bits per heavy atom. The maximum Gasteiger partial charge on any atom is 0.306 e. The zero-order chi connectivity index (χ0) is 38.7. The quantitative estimate of drug-likeness (QED) is 0.0738. The average Bonchev–Trinajstić information content (AvgIpc) is 3.02. The molecule has 284 valence electrons. The average molecular weight is 880 g/mol. The first-order valence-corrected chi connectivity index (χ1v) is 20.4. The first kappa shape index (κ1) is 43.9. The van der Waals surface area contributed by atoms with Gasteiger partial charge >= 0.3 is 11.9 Å². The number of ether oxygens (including phenoxy) is 2. The second kappa shape index (κ2) is 21.4. The van der Waals surface area contributed by atoms with Crippen LogP contribution in [-0.2, 0) is 19.1 Å². The van der Waals surface area contributed by atoms with Gasteiger partial charge in [-0.15, -0.1) is 0 Å². The molecular weight excluding hydrogens is 840 g/mol. The molecule has 4 rings (SSSR count). The number of carbonyl (C=O) groups excluding carboxylic acids is 2. The molecule has 2 atom stereocenters. The van der Waals surface area contributed by atoms with Crippen molar-refractivity contribution in [3.8, 4) is 0 Å². The van der Waals surface area contributed by atoms with E-state index in [2.05, 4.69) is 0 Å². The van der Waals surface area contributed by atoms with Crippen LogP contribution in [0.2, 0.25) is 40.2 Å². The Morgan fingerprint density at radius 1 is 0.396 bits per heavy atom. The summed E-state index contributed by atoms with van der Waals surface area (Å²) in [5.41, 5.74) is 3.16. The number of rotatable bonds is 18. The lowest BCUT2D eigenvalue weighted by atomic mass is 9.87. The lowest BCUT2D eigenvalue weighted by Crippen LogP contribution is -2.23. The first-order valence-electron chi connectivity index (χ1n) is 17.4. The Morgan fingerprint density at radius 3 is 0.830 bits per heavy atom. The molecule has 0 radical (unpaired) electrons. The summed E-state index contributed by atoms with van der Waals surface area (Å²) in [6.45, 7) is 3.68. The Hall–Kier alpha value is -1.86. The summed E-state index contributed by atoms with van der Waals surface area (Å²) in [6.07, 6.45) is 5.70. The van der Waals surface area contributed by atoms with Crippen molar-refractivity contribution in [1.29, 1.82) is 0 Å². The summed E-state index contributed by atoms with van der Waals surface area (Å²) < 4.78 is 11.8. The van der Waals surface area contributed by atoms with Gasteiger partial charge < -0.3 is 9.47 Å². The van der Waals surface area contributed by atoms with Crippen molar-refractivity contribution in [2.45, 2.75) is 95.7 Å². The molecule has 0 bridgehead atoms. The largest absolute Gasteiger partial charge is 0.462 e. The van der Waals surface area contributed by atoms with Crippen molar-refractivity contribution < 1.29 is 19.1 Å². The number of unbranched alkanes of at least 4 members (excludes halogenated alkanes) is 6. The van der Waals surface area contributed by atoms with Crippen LogP contribution in [0.25, 0.3) is 0 Å². The fraction of sp³-hybridized carbons (Fsp3) is 0.366. The highest BCUT2D eigenvalue weighted by Gasteiger charge is 2.28. The monoisotopic (exact) mass is 876 g/mol. The molecule has 0 fully saturated rings. The van der Waals surface area contributed by atoms with Gasteiger partial charge in [0.1, 0.15) is 12.2 Å². The van der Waals surface area contributed by atoms with Gasteiger partial charge in [-0.2, -0.15) is 0 Å². The Labute approximate surface area is 352 Å². The summed E-state index contributed by atoms with van der Waals surface area (Å²) in [6, 6.07) is 21.0. The molecule has 0 N–H and O–H groups in total. The lowest BCUT2D eigenvalue weighted by Gasteiger charge is -2.26. The molecule has 0 aromatic heterocycles. The number of esters is 2. The van der Waals surface area contributed by atoms with Crippen molar-refractivity contribution in [3.05, 3.63) is 135 Å². The SMILES string of the molecule is CC(OC(=O)CCCCCCCCCC(=O)OC(C)C(c1cc(Cl)cc(Cl)c1)c1cc(Cl)cc(Cl)c1)C(c1cc(Cl)cc(Cl)c1)c1cc(Cl)cc(Cl)c1. The number of halogens is 8. The van der Waals surface area contributed by atoms with Gasteiger partial charge in [0, 0.05) is 64.9 Å². The van der Waals surface area contributed by atoms with Gasteiger partial charge in [-0.1, -0.05) is 125 Å². The topological polar surface area (TPSA) is 52.6 Å². The predicted molar refractivity (Wildman–Crippen MR) is 222 cm³/mol. The van der Waals surface area contributed by atoms with E-state index in [0.29, 0.717) is 65.9 Å². The fourth-order valence-corrected chi connectivity index (χ4v) is 8.75. The van der Waals surface area contributed by atoms with E-state index in [-0.39, 0.29) is 23.8 Å². The van der Waals surface area contributed by atoms with Crippen molar-refractivity contribution in [3.63, 3.8) is 0 Å². The second-order valence-corrected chi connectivity index (χ2v) is 16.6. The molecule has 4 aromatic carbocycles. The van der Waals surface area contributed by atoms with Gasteiger partial charge in [-0.05, 0) is 122 Å². The normalized spacial score (nSPS) is 12.6.